The summed E-state index contributed by atoms with van der Waals surface area (Å²) in [4.78, 5) is 2.65. The summed E-state index contributed by atoms with van der Waals surface area (Å²) in [5.41, 5.74) is 9.97. The zero-order chi connectivity index (χ0) is 14.9. The van der Waals surface area contributed by atoms with E-state index in [2.05, 4.69) is 43.0 Å². The Kier molecular flexibility index (Phi) is 4.37. The highest BCUT2D eigenvalue weighted by atomic mass is 15.1. The standard InChI is InChI=1S/C19H30N2/c1-19(2)11-5-9-17(18(19)20)14-21-12-6-10-15-7-3-4-8-16(15)13-21/h3-4,7-8,17-18H,5-6,9-14,20H2,1-2H3. The number of benzene rings is 1. The van der Waals surface area contributed by atoms with Crippen molar-refractivity contribution in [3.63, 3.8) is 0 Å². The molecule has 1 heterocycles. The number of nitrogens with two attached hydrogens (primary N) is 1. The molecule has 21 heavy (non-hydrogen) atoms. The van der Waals surface area contributed by atoms with Crippen LogP contribution in [-0.2, 0) is 13.0 Å². The average Bonchev–Trinajstić information content (AvgIpc) is 2.65. The van der Waals surface area contributed by atoms with Crippen molar-refractivity contribution in [2.75, 3.05) is 13.1 Å². The maximum Gasteiger partial charge on any atom is 0.0236 e. The lowest BCUT2D eigenvalue weighted by molar-refractivity contribution is 0.0998. The van der Waals surface area contributed by atoms with Crippen molar-refractivity contribution in [2.45, 2.75) is 58.5 Å². The Morgan fingerprint density at radius 3 is 2.76 bits per heavy atom. The Bertz CT molecular complexity index is 480. The molecule has 2 atom stereocenters. The van der Waals surface area contributed by atoms with Crippen LogP contribution in [0, 0.1) is 11.3 Å². The Balaban J connectivity index is 1.68. The van der Waals surface area contributed by atoms with E-state index in [1.165, 1.54) is 50.8 Å². The smallest absolute Gasteiger partial charge is 0.0236 e. The summed E-state index contributed by atoms with van der Waals surface area (Å²) in [5.74, 6) is 0.666. The number of rotatable bonds is 2. The second kappa shape index (κ2) is 6.10. The summed E-state index contributed by atoms with van der Waals surface area (Å²) >= 11 is 0. The summed E-state index contributed by atoms with van der Waals surface area (Å²) in [6, 6.07) is 9.31. The molecule has 2 aliphatic rings. The summed E-state index contributed by atoms with van der Waals surface area (Å²) in [6.45, 7) is 8.21. The van der Waals surface area contributed by atoms with Gasteiger partial charge in [-0.3, -0.25) is 4.90 Å². The third kappa shape index (κ3) is 3.32. The lowest BCUT2D eigenvalue weighted by atomic mass is 9.68. The van der Waals surface area contributed by atoms with Crippen molar-refractivity contribution < 1.29 is 0 Å². The highest BCUT2D eigenvalue weighted by Crippen LogP contribution is 2.38. The maximum atomic E-state index is 6.58. The first kappa shape index (κ1) is 15.1. The lowest BCUT2D eigenvalue weighted by Crippen LogP contribution is -2.50. The fourth-order valence-electron chi connectivity index (χ4n) is 4.27. The van der Waals surface area contributed by atoms with Crippen molar-refractivity contribution in [3.05, 3.63) is 35.4 Å². The predicted octanol–water partition coefficient (Wildman–Crippen LogP) is 3.59. The molecule has 2 N–H and O–H groups in total. The van der Waals surface area contributed by atoms with Gasteiger partial charge in [0, 0.05) is 19.1 Å². The highest BCUT2D eigenvalue weighted by Gasteiger charge is 2.37. The van der Waals surface area contributed by atoms with Crippen molar-refractivity contribution in [2.24, 2.45) is 17.1 Å². The van der Waals surface area contributed by atoms with Crippen molar-refractivity contribution in [1.29, 1.82) is 0 Å². The van der Waals surface area contributed by atoms with Crippen LogP contribution in [0.2, 0.25) is 0 Å². The highest BCUT2D eigenvalue weighted by molar-refractivity contribution is 5.28. The SMILES string of the molecule is CC1(C)CCCC(CN2CCCc3ccccc3C2)C1N. The third-order valence-corrected chi connectivity index (χ3v) is 5.73. The molecule has 2 unspecified atom stereocenters. The number of hydrogen-bond donors (Lipinski definition) is 1. The second-order valence-electron chi connectivity index (χ2n) is 7.77. The van der Waals surface area contributed by atoms with E-state index in [1.54, 1.807) is 5.56 Å². The molecule has 0 aromatic heterocycles. The molecular weight excluding hydrogens is 256 g/mol. The van der Waals surface area contributed by atoms with Gasteiger partial charge in [-0.15, -0.1) is 0 Å². The van der Waals surface area contributed by atoms with Crippen molar-refractivity contribution in [1.82, 2.24) is 4.90 Å². The van der Waals surface area contributed by atoms with Crippen LogP contribution in [0.4, 0.5) is 0 Å². The third-order valence-electron chi connectivity index (χ3n) is 5.73. The summed E-state index contributed by atoms with van der Waals surface area (Å²) in [5, 5.41) is 0. The predicted molar refractivity (Wildman–Crippen MR) is 89.1 cm³/mol. The first-order valence-electron chi connectivity index (χ1n) is 8.61. The molecule has 116 valence electrons. The van der Waals surface area contributed by atoms with Gasteiger partial charge < -0.3 is 5.73 Å². The van der Waals surface area contributed by atoms with E-state index >= 15 is 0 Å². The molecule has 0 saturated heterocycles. The van der Waals surface area contributed by atoms with E-state index in [4.69, 9.17) is 5.73 Å². The van der Waals surface area contributed by atoms with Crippen molar-refractivity contribution in [3.8, 4) is 0 Å². The number of fused-ring (bicyclic) bond motifs is 1. The van der Waals surface area contributed by atoms with E-state index < -0.39 is 0 Å². The zero-order valence-electron chi connectivity index (χ0n) is 13.6. The monoisotopic (exact) mass is 286 g/mol. The van der Waals surface area contributed by atoms with Gasteiger partial charge in [0.05, 0.1) is 0 Å². The topological polar surface area (TPSA) is 29.3 Å². The van der Waals surface area contributed by atoms with Gasteiger partial charge in [-0.05, 0) is 54.7 Å². The normalized spacial score (nSPS) is 29.7. The van der Waals surface area contributed by atoms with Gasteiger partial charge in [-0.1, -0.05) is 44.5 Å². The minimum Gasteiger partial charge on any atom is -0.327 e. The van der Waals surface area contributed by atoms with E-state index in [9.17, 15) is 0 Å². The van der Waals surface area contributed by atoms with Crippen LogP contribution in [-0.4, -0.2) is 24.0 Å². The molecule has 0 radical (unpaired) electrons. The summed E-state index contributed by atoms with van der Waals surface area (Å²) in [6.07, 6.45) is 6.45. The fourth-order valence-corrected chi connectivity index (χ4v) is 4.27. The number of nitrogens with zero attached hydrogens (tertiary/aromatic N) is 1. The number of aryl methyl sites for hydroxylation is 1. The van der Waals surface area contributed by atoms with Gasteiger partial charge >= 0.3 is 0 Å². The molecule has 2 heteroatoms. The minimum absolute atomic E-state index is 0.312. The second-order valence-corrected chi connectivity index (χ2v) is 7.77. The molecule has 2 nitrogen and oxygen atoms in total. The molecule has 1 aliphatic heterocycles. The van der Waals surface area contributed by atoms with E-state index in [1.807, 2.05) is 0 Å². The first-order valence-corrected chi connectivity index (χ1v) is 8.61. The molecular formula is C19H30N2. The van der Waals surface area contributed by atoms with Crippen LogP contribution in [0.5, 0.6) is 0 Å². The lowest BCUT2D eigenvalue weighted by Gasteiger charge is -2.43. The molecule has 0 spiro atoms. The quantitative estimate of drug-likeness (QED) is 0.900. The van der Waals surface area contributed by atoms with Crippen LogP contribution in [0.15, 0.2) is 24.3 Å². The Morgan fingerprint density at radius 2 is 1.95 bits per heavy atom. The van der Waals surface area contributed by atoms with Crippen molar-refractivity contribution >= 4 is 0 Å². The molecule has 0 bridgehead atoms. The molecule has 1 aromatic rings. The summed E-state index contributed by atoms with van der Waals surface area (Å²) < 4.78 is 0. The largest absolute Gasteiger partial charge is 0.327 e. The van der Waals surface area contributed by atoms with Crippen LogP contribution < -0.4 is 5.73 Å². The molecule has 0 amide bonds. The average molecular weight is 286 g/mol. The molecule has 1 aliphatic carbocycles. The van der Waals surface area contributed by atoms with Gasteiger partial charge in [0.1, 0.15) is 0 Å². The first-order chi connectivity index (χ1) is 10.1. The Hall–Kier alpha value is -0.860. The van der Waals surface area contributed by atoms with E-state index in [0.717, 1.165) is 6.54 Å². The van der Waals surface area contributed by atoms with Gasteiger partial charge in [0.15, 0.2) is 0 Å². The Morgan fingerprint density at radius 1 is 1.19 bits per heavy atom. The van der Waals surface area contributed by atoms with Crippen LogP contribution in [0.25, 0.3) is 0 Å². The number of hydrogen-bond acceptors (Lipinski definition) is 2. The summed E-state index contributed by atoms with van der Waals surface area (Å²) in [7, 11) is 0. The van der Waals surface area contributed by atoms with E-state index in [-0.39, 0.29) is 0 Å². The van der Waals surface area contributed by atoms with Gasteiger partial charge in [0.2, 0.25) is 0 Å². The minimum atomic E-state index is 0.312. The zero-order valence-corrected chi connectivity index (χ0v) is 13.6. The van der Waals surface area contributed by atoms with Crippen LogP contribution >= 0.6 is 0 Å². The van der Waals surface area contributed by atoms with Gasteiger partial charge in [-0.2, -0.15) is 0 Å². The van der Waals surface area contributed by atoms with Gasteiger partial charge in [0.25, 0.3) is 0 Å². The molecule has 1 saturated carbocycles. The fraction of sp³-hybridized carbons (Fsp3) is 0.684. The van der Waals surface area contributed by atoms with E-state index in [0.29, 0.717) is 17.4 Å². The Labute approximate surface area is 129 Å². The van der Waals surface area contributed by atoms with Crippen LogP contribution in [0.3, 0.4) is 0 Å². The maximum absolute atomic E-state index is 6.58. The molecule has 3 rings (SSSR count). The molecule has 1 aromatic carbocycles. The van der Waals surface area contributed by atoms with Crippen LogP contribution in [0.1, 0.15) is 50.7 Å². The molecule has 1 fully saturated rings. The van der Waals surface area contributed by atoms with Gasteiger partial charge in [-0.25, -0.2) is 0 Å².